The van der Waals surface area contributed by atoms with Gasteiger partial charge in [-0.05, 0) is 79.9 Å². The summed E-state index contributed by atoms with van der Waals surface area (Å²) in [6.45, 7) is 6.54. The number of rotatable bonds is 4. The number of nitrogens with zero attached hydrogens (tertiary/aromatic N) is 5. The Morgan fingerprint density at radius 2 is 1.65 bits per heavy atom. The molecule has 5 aromatic rings. The average molecular weight is 531 g/mol. The molecular formula is C33H34N6O. The number of carbonyl (C=O) groups is 1. The molecule has 1 aliphatic heterocycles. The monoisotopic (exact) mass is 530 g/mol. The van der Waals surface area contributed by atoms with Crippen LogP contribution in [0.4, 0.5) is 16.2 Å². The minimum Gasteiger partial charge on any atom is -0.378 e. The quantitative estimate of drug-likeness (QED) is 0.278. The smallest absolute Gasteiger partial charge is 0.322 e. The van der Waals surface area contributed by atoms with E-state index in [1.54, 1.807) is 0 Å². The topological polar surface area (TPSA) is 58.3 Å². The van der Waals surface area contributed by atoms with Gasteiger partial charge in [0.05, 0.1) is 29.7 Å². The van der Waals surface area contributed by atoms with Crippen LogP contribution in [-0.4, -0.2) is 39.4 Å². The number of anilines is 2. The summed E-state index contributed by atoms with van der Waals surface area (Å²) < 4.78 is 4.19. The molecule has 0 aliphatic carbocycles. The fourth-order valence-corrected chi connectivity index (χ4v) is 5.53. The van der Waals surface area contributed by atoms with Crippen molar-refractivity contribution in [3.63, 3.8) is 0 Å². The van der Waals surface area contributed by atoms with Crippen molar-refractivity contribution >= 4 is 17.4 Å². The second-order valence-electron chi connectivity index (χ2n) is 10.6. The highest BCUT2D eigenvalue weighted by molar-refractivity contribution is 5.91. The van der Waals surface area contributed by atoms with Gasteiger partial charge in [-0.25, -0.2) is 9.48 Å². The van der Waals surface area contributed by atoms with Gasteiger partial charge >= 0.3 is 6.03 Å². The van der Waals surface area contributed by atoms with Crippen LogP contribution in [0.5, 0.6) is 0 Å². The van der Waals surface area contributed by atoms with E-state index >= 15 is 0 Å². The zero-order chi connectivity index (χ0) is 28.0. The van der Waals surface area contributed by atoms with Crippen molar-refractivity contribution in [3.05, 3.63) is 125 Å². The van der Waals surface area contributed by atoms with Gasteiger partial charge in [-0.3, -0.25) is 0 Å². The van der Waals surface area contributed by atoms with Crippen molar-refractivity contribution in [2.24, 2.45) is 0 Å². The molecule has 0 bridgehead atoms. The van der Waals surface area contributed by atoms with Crippen molar-refractivity contribution in [2.45, 2.75) is 33.4 Å². The second kappa shape index (κ2) is 10.1. The number of hydrogen-bond acceptors (Lipinski definition) is 3. The van der Waals surface area contributed by atoms with E-state index in [-0.39, 0.29) is 12.1 Å². The van der Waals surface area contributed by atoms with E-state index in [9.17, 15) is 4.79 Å². The first kappa shape index (κ1) is 25.5. The van der Waals surface area contributed by atoms with Gasteiger partial charge in [-0.1, -0.05) is 42.5 Å². The molecule has 202 valence electrons. The molecule has 40 heavy (non-hydrogen) atoms. The Kier molecular flexibility index (Phi) is 6.42. The molecule has 2 aromatic heterocycles. The molecule has 0 saturated heterocycles. The maximum absolute atomic E-state index is 14.2. The number of amides is 2. The SMILES string of the molecule is Cc1cccc(NC(=O)N2Cc3c(C)nn(-c4ccccc4)c3-n3cccc3[C@@H]2c2ccc(N(C)C)cc2)c1C. The fourth-order valence-electron chi connectivity index (χ4n) is 5.53. The Morgan fingerprint density at radius 3 is 2.38 bits per heavy atom. The van der Waals surface area contributed by atoms with Crippen LogP contribution in [0, 0.1) is 20.8 Å². The molecule has 7 heteroatoms. The zero-order valence-corrected chi connectivity index (χ0v) is 23.6. The van der Waals surface area contributed by atoms with Crippen LogP contribution in [0.15, 0.2) is 91.1 Å². The number of para-hydroxylation sites is 1. The van der Waals surface area contributed by atoms with Crippen molar-refractivity contribution in [3.8, 4) is 11.5 Å². The van der Waals surface area contributed by atoms with E-state index in [1.165, 1.54) is 0 Å². The van der Waals surface area contributed by atoms with Crippen LogP contribution in [0.3, 0.4) is 0 Å². The number of aryl methyl sites for hydroxylation is 2. The van der Waals surface area contributed by atoms with E-state index in [1.807, 2.05) is 73.9 Å². The van der Waals surface area contributed by atoms with Crippen LogP contribution < -0.4 is 10.2 Å². The van der Waals surface area contributed by atoms with Gasteiger partial charge in [-0.2, -0.15) is 5.10 Å². The van der Waals surface area contributed by atoms with E-state index in [0.717, 1.165) is 56.5 Å². The molecule has 0 spiro atoms. The van der Waals surface area contributed by atoms with Crippen LogP contribution >= 0.6 is 0 Å². The lowest BCUT2D eigenvalue weighted by Gasteiger charge is -2.31. The van der Waals surface area contributed by atoms with Crippen molar-refractivity contribution in [1.82, 2.24) is 19.2 Å². The third kappa shape index (κ3) is 4.33. The third-order valence-corrected chi connectivity index (χ3v) is 7.92. The molecule has 6 rings (SSSR count). The van der Waals surface area contributed by atoms with Gasteiger partial charge in [0, 0.05) is 37.2 Å². The molecule has 0 saturated carbocycles. The molecule has 3 heterocycles. The predicted molar refractivity (Wildman–Crippen MR) is 161 cm³/mol. The summed E-state index contributed by atoms with van der Waals surface area (Å²) >= 11 is 0. The fraction of sp³-hybridized carbons (Fsp3) is 0.212. The molecule has 2 amide bonds. The van der Waals surface area contributed by atoms with Gasteiger partial charge in [0.1, 0.15) is 5.82 Å². The number of urea groups is 1. The normalized spacial score (nSPS) is 14.3. The number of fused-ring (bicyclic) bond motifs is 3. The zero-order valence-electron chi connectivity index (χ0n) is 23.6. The Labute approximate surface area is 235 Å². The standard InChI is InChI=1S/C33H34N6O/c1-22-11-9-14-29(23(22)2)34-33(40)38-21-28-24(3)35-39(27-12-7-6-8-13-27)32(28)37-20-10-15-30(37)31(38)25-16-18-26(19-17-25)36(4)5/h6-20,31H,21H2,1-5H3,(H,34,40)/t31-/m0/s1. The summed E-state index contributed by atoms with van der Waals surface area (Å²) in [6.07, 6.45) is 2.07. The predicted octanol–water partition coefficient (Wildman–Crippen LogP) is 6.79. The summed E-state index contributed by atoms with van der Waals surface area (Å²) in [7, 11) is 4.06. The summed E-state index contributed by atoms with van der Waals surface area (Å²) in [5.41, 5.74) is 9.08. The van der Waals surface area contributed by atoms with Crippen LogP contribution in [0.2, 0.25) is 0 Å². The third-order valence-electron chi connectivity index (χ3n) is 7.92. The number of aromatic nitrogens is 3. The van der Waals surface area contributed by atoms with Gasteiger partial charge in [0.15, 0.2) is 0 Å². The van der Waals surface area contributed by atoms with Gasteiger partial charge in [0.25, 0.3) is 0 Å². The van der Waals surface area contributed by atoms with Gasteiger partial charge in [0.2, 0.25) is 0 Å². The van der Waals surface area contributed by atoms with Crippen molar-refractivity contribution in [2.75, 3.05) is 24.3 Å². The lowest BCUT2D eigenvalue weighted by atomic mass is 10.0. The molecule has 1 aliphatic rings. The lowest BCUT2D eigenvalue weighted by molar-refractivity contribution is 0.194. The molecule has 0 fully saturated rings. The first-order valence-corrected chi connectivity index (χ1v) is 13.6. The highest BCUT2D eigenvalue weighted by Gasteiger charge is 2.36. The molecule has 1 atom stereocenters. The van der Waals surface area contributed by atoms with E-state index in [4.69, 9.17) is 5.10 Å². The van der Waals surface area contributed by atoms with Crippen molar-refractivity contribution in [1.29, 1.82) is 0 Å². The molecule has 7 nitrogen and oxygen atoms in total. The number of nitrogens with one attached hydrogen (secondary N) is 1. The summed E-state index contributed by atoms with van der Waals surface area (Å²) in [5, 5.41) is 8.18. The maximum Gasteiger partial charge on any atom is 0.322 e. The van der Waals surface area contributed by atoms with Crippen LogP contribution in [0.25, 0.3) is 11.5 Å². The summed E-state index contributed by atoms with van der Waals surface area (Å²) in [5.74, 6) is 0.959. The first-order chi connectivity index (χ1) is 19.3. The molecule has 0 unspecified atom stereocenters. The van der Waals surface area contributed by atoms with Crippen molar-refractivity contribution < 1.29 is 4.79 Å². The highest BCUT2D eigenvalue weighted by Crippen LogP contribution is 2.39. The summed E-state index contributed by atoms with van der Waals surface area (Å²) in [4.78, 5) is 18.3. The minimum atomic E-state index is -0.313. The van der Waals surface area contributed by atoms with E-state index in [2.05, 4.69) is 76.4 Å². The molecular weight excluding hydrogens is 496 g/mol. The molecule has 3 aromatic carbocycles. The first-order valence-electron chi connectivity index (χ1n) is 13.6. The summed E-state index contributed by atoms with van der Waals surface area (Å²) in [6, 6.07) is 28.3. The Hall–Kier alpha value is -4.78. The Bertz CT molecular complexity index is 1680. The second-order valence-corrected chi connectivity index (χ2v) is 10.6. The molecule has 0 radical (unpaired) electrons. The largest absolute Gasteiger partial charge is 0.378 e. The maximum atomic E-state index is 14.2. The highest BCUT2D eigenvalue weighted by atomic mass is 16.2. The van der Waals surface area contributed by atoms with E-state index < -0.39 is 0 Å². The minimum absolute atomic E-state index is 0.150. The van der Waals surface area contributed by atoms with Crippen LogP contribution in [-0.2, 0) is 6.54 Å². The van der Waals surface area contributed by atoms with Crippen LogP contribution in [0.1, 0.15) is 39.7 Å². The lowest BCUT2D eigenvalue weighted by Crippen LogP contribution is -2.38. The number of hydrogen-bond donors (Lipinski definition) is 1. The van der Waals surface area contributed by atoms with E-state index in [0.29, 0.717) is 6.54 Å². The van der Waals surface area contributed by atoms with Gasteiger partial charge in [-0.15, -0.1) is 0 Å². The number of benzene rings is 3. The Morgan fingerprint density at radius 1 is 0.900 bits per heavy atom. The average Bonchev–Trinajstić information content (AvgIpc) is 3.52. The molecule has 1 N–H and O–H groups in total. The van der Waals surface area contributed by atoms with Gasteiger partial charge < -0.3 is 19.7 Å². The number of carbonyl (C=O) groups excluding carboxylic acids is 1. The Balaban J connectivity index is 1.53.